The predicted octanol–water partition coefficient (Wildman–Crippen LogP) is 3.19. The minimum Gasteiger partial charge on any atom is -0.460 e. The lowest BCUT2D eigenvalue weighted by Crippen LogP contribution is -2.36. The first-order valence-corrected chi connectivity index (χ1v) is 7.13. The van der Waals surface area contributed by atoms with Crippen molar-refractivity contribution in [2.24, 2.45) is 5.92 Å². The smallest absolute Gasteiger partial charge is 0.329 e. The Hall–Kier alpha value is -1.61. The van der Waals surface area contributed by atoms with Gasteiger partial charge in [-0.15, -0.1) is 0 Å². The Morgan fingerprint density at radius 2 is 2.05 bits per heavy atom. The van der Waals surface area contributed by atoms with Crippen molar-refractivity contribution in [2.45, 2.75) is 32.4 Å². The summed E-state index contributed by atoms with van der Waals surface area (Å²) in [7, 11) is 1.99. The minimum atomic E-state index is -0.525. The molecule has 0 amide bonds. The van der Waals surface area contributed by atoms with Gasteiger partial charge in [-0.1, -0.05) is 56.3 Å². The van der Waals surface area contributed by atoms with Crippen molar-refractivity contribution in [3.8, 4) is 0 Å². The molecule has 1 fully saturated rings. The van der Waals surface area contributed by atoms with E-state index in [1.807, 2.05) is 44.3 Å². The van der Waals surface area contributed by atoms with Crippen LogP contribution in [0.15, 0.2) is 42.5 Å². The van der Waals surface area contributed by atoms with E-state index in [9.17, 15) is 4.79 Å². The molecule has 0 N–H and O–H groups in total. The van der Waals surface area contributed by atoms with Crippen LogP contribution in [0.4, 0.5) is 0 Å². The van der Waals surface area contributed by atoms with Crippen LogP contribution in [0.5, 0.6) is 0 Å². The Morgan fingerprint density at radius 3 is 2.60 bits per heavy atom. The molecule has 1 aliphatic rings. The molecule has 0 bridgehead atoms. The Bertz CT molecular complexity index is 495. The van der Waals surface area contributed by atoms with Crippen LogP contribution in [-0.2, 0) is 9.53 Å². The summed E-state index contributed by atoms with van der Waals surface area (Å²) in [5.41, 5.74) is 0.648. The van der Waals surface area contributed by atoms with Gasteiger partial charge in [0.2, 0.25) is 0 Å². The van der Waals surface area contributed by atoms with Crippen LogP contribution >= 0.6 is 0 Å². The van der Waals surface area contributed by atoms with Gasteiger partial charge >= 0.3 is 5.97 Å². The molecule has 0 saturated carbocycles. The van der Waals surface area contributed by atoms with E-state index in [4.69, 9.17) is 4.74 Å². The summed E-state index contributed by atoms with van der Waals surface area (Å²) in [5.74, 6) is 0.0813. The molecule has 0 radical (unpaired) electrons. The fourth-order valence-corrected chi connectivity index (χ4v) is 3.10. The zero-order valence-electron chi connectivity index (χ0n) is 12.7. The van der Waals surface area contributed by atoms with E-state index in [1.165, 1.54) is 5.56 Å². The van der Waals surface area contributed by atoms with Gasteiger partial charge in [-0.25, -0.2) is 4.79 Å². The van der Waals surface area contributed by atoms with Gasteiger partial charge < -0.3 is 4.74 Å². The molecule has 1 aliphatic heterocycles. The van der Waals surface area contributed by atoms with Crippen LogP contribution in [0.2, 0.25) is 0 Å². The summed E-state index contributed by atoms with van der Waals surface area (Å²) in [5, 5.41) is 0. The van der Waals surface area contributed by atoms with Crippen LogP contribution < -0.4 is 0 Å². The standard InChI is InChI=1S/C17H23NO2/c1-5-6-12-20-16(19)17(13(2)3)15(18(17)4)14-10-8-7-9-11-14/h5-11,13,15H,12H2,1-4H3/b6-5-. The van der Waals surface area contributed by atoms with E-state index < -0.39 is 5.54 Å². The number of hydrogen-bond acceptors (Lipinski definition) is 3. The highest BCUT2D eigenvalue weighted by atomic mass is 16.5. The number of esters is 1. The fourth-order valence-electron chi connectivity index (χ4n) is 3.10. The topological polar surface area (TPSA) is 29.3 Å². The van der Waals surface area contributed by atoms with Gasteiger partial charge in [-0.05, 0) is 25.5 Å². The van der Waals surface area contributed by atoms with Crippen molar-refractivity contribution in [3.05, 3.63) is 48.0 Å². The third-order valence-corrected chi connectivity index (χ3v) is 4.19. The number of allylic oxidation sites excluding steroid dienone is 1. The van der Waals surface area contributed by atoms with Crippen molar-refractivity contribution < 1.29 is 9.53 Å². The summed E-state index contributed by atoms with van der Waals surface area (Å²) in [6, 6.07) is 10.3. The highest BCUT2D eigenvalue weighted by Crippen LogP contribution is 2.56. The third-order valence-electron chi connectivity index (χ3n) is 4.19. The summed E-state index contributed by atoms with van der Waals surface area (Å²) >= 11 is 0. The van der Waals surface area contributed by atoms with Crippen LogP contribution in [0.25, 0.3) is 0 Å². The molecule has 1 saturated heterocycles. The van der Waals surface area contributed by atoms with Crippen LogP contribution in [-0.4, -0.2) is 30.1 Å². The summed E-state index contributed by atoms with van der Waals surface area (Å²) in [6.45, 7) is 6.42. The second kappa shape index (κ2) is 5.80. The van der Waals surface area contributed by atoms with Crippen molar-refractivity contribution in [1.82, 2.24) is 4.90 Å². The number of carbonyl (C=O) groups excluding carboxylic acids is 1. The second-order valence-corrected chi connectivity index (χ2v) is 5.57. The quantitative estimate of drug-likeness (QED) is 0.469. The lowest BCUT2D eigenvalue weighted by molar-refractivity contribution is -0.148. The maximum Gasteiger partial charge on any atom is 0.329 e. The van der Waals surface area contributed by atoms with Gasteiger partial charge in [0.05, 0.1) is 6.04 Å². The lowest BCUT2D eigenvalue weighted by Gasteiger charge is -2.19. The zero-order chi connectivity index (χ0) is 14.8. The minimum absolute atomic E-state index is 0.113. The Morgan fingerprint density at radius 1 is 1.40 bits per heavy atom. The summed E-state index contributed by atoms with van der Waals surface area (Å²) < 4.78 is 5.43. The number of benzene rings is 1. The average Bonchev–Trinajstić information content (AvgIpc) is 3.07. The maximum atomic E-state index is 12.5. The van der Waals surface area contributed by atoms with Gasteiger partial charge in [0, 0.05) is 0 Å². The van der Waals surface area contributed by atoms with E-state index in [0.29, 0.717) is 6.61 Å². The molecular weight excluding hydrogens is 250 g/mol. The number of carbonyl (C=O) groups is 1. The number of likely N-dealkylation sites (N-methyl/N-ethyl adjacent to an activating group) is 1. The molecule has 2 rings (SSSR count). The first-order chi connectivity index (χ1) is 9.56. The monoisotopic (exact) mass is 273 g/mol. The molecule has 1 aromatic rings. The number of hydrogen-bond donors (Lipinski definition) is 0. The molecule has 3 atom stereocenters. The molecule has 1 heterocycles. The van der Waals surface area contributed by atoms with Crippen LogP contribution in [0, 0.1) is 5.92 Å². The molecule has 3 unspecified atom stereocenters. The van der Waals surface area contributed by atoms with Crippen molar-refractivity contribution in [1.29, 1.82) is 0 Å². The second-order valence-electron chi connectivity index (χ2n) is 5.57. The molecule has 108 valence electrons. The summed E-state index contributed by atoms with van der Waals surface area (Å²) in [6.07, 6.45) is 3.74. The van der Waals surface area contributed by atoms with Gasteiger partial charge in [0.25, 0.3) is 0 Å². The molecule has 0 spiro atoms. The largest absolute Gasteiger partial charge is 0.460 e. The zero-order valence-corrected chi connectivity index (χ0v) is 12.7. The molecule has 20 heavy (non-hydrogen) atoms. The molecule has 3 heteroatoms. The number of rotatable bonds is 5. The third kappa shape index (κ3) is 2.27. The first-order valence-electron chi connectivity index (χ1n) is 7.13. The van der Waals surface area contributed by atoms with E-state index in [0.717, 1.165) is 0 Å². The molecule has 3 nitrogen and oxygen atoms in total. The highest BCUT2D eigenvalue weighted by Gasteiger charge is 2.69. The van der Waals surface area contributed by atoms with E-state index >= 15 is 0 Å². The molecule has 0 aliphatic carbocycles. The van der Waals surface area contributed by atoms with E-state index in [-0.39, 0.29) is 17.9 Å². The Balaban J connectivity index is 2.22. The average molecular weight is 273 g/mol. The highest BCUT2D eigenvalue weighted by molar-refractivity contribution is 5.87. The predicted molar refractivity (Wildman–Crippen MR) is 80.3 cm³/mol. The van der Waals surface area contributed by atoms with Gasteiger partial charge in [0.15, 0.2) is 0 Å². The Labute approximate surface area is 121 Å². The van der Waals surface area contributed by atoms with Gasteiger partial charge in [-0.2, -0.15) is 0 Å². The number of nitrogens with zero attached hydrogens (tertiary/aromatic N) is 1. The number of ether oxygens (including phenoxy) is 1. The molecular formula is C17H23NO2. The van der Waals surface area contributed by atoms with Crippen LogP contribution in [0.1, 0.15) is 32.4 Å². The van der Waals surface area contributed by atoms with Gasteiger partial charge in [0.1, 0.15) is 12.1 Å². The first kappa shape index (κ1) is 14.8. The van der Waals surface area contributed by atoms with E-state index in [1.54, 1.807) is 0 Å². The van der Waals surface area contributed by atoms with Crippen molar-refractivity contribution in [2.75, 3.05) is 13.7 Å². The fraction of sp³-hybridized carbons (Fsp3) is 0.471. The molecule has 0 aromatic heterocycles. The maximum absolute atomic E-state index is 12.5. The van der Waals surface area contributed by atoms with Crippen molar-refractivity contribution in [3.63, 3.8) is 0 Å². The molecule has 1 aromatic carbocycles. The van der Waals surface area contributed by atoms with Crippen LogP contribution in [0.3, 0.4) is 0 Å². The van der Waals surface area contributed by atoms with Gasteiger partial charge in [-0.3, -0.25) is 4.90 Å². The Kier molecular flexibility index (Phi) is 4.29. The SMILES string of the molecule is C/C=C\COC(=O)C1(C(C)C)C(c2ccccc2)N1C. The van der Waals surface area contributed by atoms with Crippen molar-refractivity contribution >= 4 is 5.97 Å². The van der Waals surface area contributed by atoms with E-state index in [2.05, 4.69) is 30.9 Å². The summed E-state index contributed by atoms with van der Waals surface area (Å²) in [4.78, 5) is 14.7. The normalized spacial score (nSPS) is 28.9. The lowest BCUT2D eigenvalue weighted by atomic mass is 9.88.